The molecule has 0 saturated heterocycles. The second kappa shape index (κ2) is 9.08. The smallest absolute Gasteiger partial charge is 0.295 e. The van der Waals surface area contributed by atoms with Crippen LogP contribution in [0.5, 0.6) is 0 Å². The van der Waals surface area contributed by atoms with Crippen LogP contribution in [-0.2, 0) is 4.79 Å². The van der Waals surface area contributed by atoms with Crippen LogP contribution in [0.2, 0.25) is 0 Å². The molecule has 0 aromatic heterocycles. The van der Waals surface area contributed by atoms with Crippen LogP contribution in [0.1, 0.15) is 32.6 Å². The van der Waals surface area contributed by atoms with E-state index in [1.54, 1.807) is 6.92 Å². The fourth-order valence-electron chi connectivity index (χ4n) is 0.950. The minimum Gasteiger partial charge on any atom is -0.396 e. The van der Waals surface area contributed by atoms with Gasteiger partial charge in [-0.1, -0.05) is 18.8 Å². The van der Waals surface area contributed by atoms with E-state index in [0.717, 1.165) is 25.7 Å². The highest BCUT2D eigenvalue weighted by Crippen LogP contribution is 1.97. The fourth-order valence-corrected chi connectivity index (χ4v) is 0.950. The van der Waals surface area contributed by atoms with Crippen molar-refractivity contribution in [1.29, 1.82) is 0 Å². The SMILES string of the molecule is CC#CC(=O)NCCCCCCO. The molecule has 0 aliphatic carbocycles. The highest BCUT2D eigenvalue weighted by atomic mass is 16.2. The van der Waals surface area contributed by atoms with E-state index in [9.17, 15) is 4.79 Å². The van der Waals surface area contributed by atoms with Gasteiger partial charge >= 0.3 is 0 Å². The van der Waals surface area contributed by atoms with Crippen LogP contribution >= 0.6 is 0 Å². The van der Waals surface area contributed by atoms with E-state index in [0.29, 0.717) is 6.54 Å². The van der Waals surface area contributed by atoms with Crippen molar-refractivity contribution in [3.8, 4) is 11.8 Å². The Bertz CT molecular complexity index is 191. The molecule has 3 nitrogen and oxygen atoms in total. The average Bonchev–Trinajstić information content (AvgIpc) is 2.11. The molecule has 0 spiro atoms. The Morgan fingerprint density at radius 3 is 2.62 bits per heavy atom. The van der Waals surface area contributed by atoms with Gasteiger partial charge in [0.25, 0.3) is 5.91 Å². The third-order valence-corrected chi connectivity index (χ3v) is 1.61. The van der Waals surface area contributed by atoms with Crippen molar-refractivity contribution < 1.29 is 9.90 Å². The first kappa shape index (κ1) is 12.0. The van der Waals surface area contributed by atoms with E-state index in [2.05, 4.69) is 17.2 Å². The number of aliphatic hydroxyl groups is 1. The van der Waals surface area contributed by atoms with E-state index >= 15 is 0 Å². The summed E-state index contributed by atoms with van der Waals surface area (Å²) in [5.41, 5.74) is 0. The normalized spacial score (nSPS) is 8.77. The van der Waals surface area contributed by atoms with Crippen LogP contribution in [0.15, 0.2) is 0 Å². The Labute approximate surface area is 79.5 Å². The molecule has 2 N–H and O–H groups in total. The van der Waals surface area contributed by atoms with E-state index in [1.165, 1.54) is 0 Å². The molecule has 0 radical (unpaired) electrons. The zero-order valence-corrected chi connectivity index (χ0v) is 8.10. The van der Waals surface area contributed by atoms with Gasteiger partial charge in [-0.05, 0) is 25.7 Å². The van der Waals surface area contributed by atoms with Gasteiger partial charge in [0.2, 0.25) is 0 Å². The van der Waals surface area contributed by atoms with Crippen molar-refractivity contribution in [1.82, 2.24) is 5.32 Å². The third kappa shape index (κ3) is 8.90. The summed E-state index contributed by atoms with van der Waals surface area (Å²) in [6.45, 7) is 2.58. The van der Waals surface area contributed by atoms with Gasteiger partial charge in [0.15, 0.2) is 0 Å². The average molecular weight is 183 g/mol. The molecule has 0 aromatic rings. The van der Waals surface area contributed by atoms with Crippen LogP contribution in [0.25, 0.3) is 0 Å². The minimum absolute atomic E-state index is 0.204. The van der Waals surface area contributed by atoms with Crippen molar-refractivity contribution >= 4 is 5.91 Å². The number of carbonyl (C=O) groups excluding carboxylic acids is 1. The number of amides is 1. The van der Waals surface area contributed by atoms with Crippen LogP contribution in [0.3, 0.4) is 0 Å². The molecule has 0 saturated carbocycles. The first-order valence-corrected chi connectivity index (χ1v) is 4.62. The molecule has 0 bridgehead atoms. The molecule has 0 rings (SSSR count). The van der Waals surface area contributed by atoms with Crippen molar-refractivity contribution in [3.05, 3.63) is 0 Å². The highest BCUT2D eigenvalue weighted by molar-refractivity contribution is 5.93. The maximum absolute atomic E-state index is 10.8. The number of hydrogen-bond acceptors (Lipinski definition) is 2. The van der Waals surface area contributed by atoms with E-state index < -0.39 is 0 Å². The van der Waals surface area contributed by atoms with Gasteiger partial charge < -0.3 is 10.4 Å². The summed E-state index contributed by atoms with van der Waals surface area (Å²) in [5.74, 6) is 4.74. The lowest BCUT2D eigenvalue weighted by molar-refractivity contribution is -0.115. The molecule has 0 aromatic carbocycles. The summed E-state index contributed by atoms with van der Waals surface area (Å²) in [7, 11) is 0. The van der Waals surface area contributed by atoms with Gasteiger partial charge in [0, 0.05) is 13.2 Å². The highest BCUT2D eigenvalue weighted by Gasteiger charge is 1.93. The molecule has 13 heavy (non-hydrogen) atoms. The topological polar surface area (TPSA) is 49.3 Å². The van der Waals surface area contributed by atoms with E-state index in [1.807, 2.05) is 0 Å². The summed E-state index contributed by atoms with van der Waals surface area (Å²) in [4.78, 5) is 10.8. The van der Waals surface area contributed by atoms with Crippen molar-refractivity contribution in [2.75, 3.05) is 13.2 Å². The zero-order valence-electron chi connectivity index (χ0n) is 8.10. The van der Waals surface area contributed by atoms with Gasteiger partial charge in [-0.3, -0.25) is 4.79 Å². The van der Waals surface area contributed by atoms with Crippen LogP contribution in [0, 0.1) is 11.8 Å². The maximum atomic E-state index is 10.8. The molecule has 0 aliphatic rings. The largest absolute Gasteiger partial charge is 0.396 e. The quantitative estimate of drug-likeness (QED) is 0.470. The lowest BCUT2D eigenvalue weighted by atomic mass is 10.2. The van der Waals surface area contributed by atoms with Crippen LogP contribution in [-0.4, -0.2) is 24.2 Å². The maximum Gasteiger partial charge on any atom is 0.295 e. The van der Waals surface area contributed by atoms with Crippen molar-refractivity contribution in [2.45, 2.75) is 32.6 Å². The van der Waals surface area contributed by atoms with E-state index in [-0.39, 0.29) is 12.5 Å². The first-order chi connectivity index (χ1) is 6.31. The van der Waals surface area contributed by atoms with Gasteiger partial charge in [-0.15, -0.1) is 0 Å². The monoisotopic (exact) mass is 183 g/mol. The molecular formula is C10H17NO2. The summed E-state index contributed by atoms with van der Waals surface area (Å²) < 4.78 is 0. The third-order valence-electron chi connectivity index (χ3n) is 1.61. The van der Waals surface area contributed by atoms with Gasteiger partial charge in [0.1, 0.15) is 0 Å². The van der Waals surface area contributed by atoms with Crippen LogP contribution < -0.4 is 5.32 Å². The Morgan fingerprint density at radius 2 is 2.00 bits per heavy atom. The van der Waals surface area contributed by atoms with Crippen molar-refractivity contribution in [2.24, 2.45) is 0 Å². The van der Waals surface area contributed by atoms with E-state index in [4.69, 9.17) is 5.11 Å². The lowest BCUT2D eigenvalue weighted by Gasteiger charge is -2.00. The summed E-state index contributed by atoms with van der Waals surface area (Å²) in [6, 6.07) is 0. The Morgan fingerprint density at radius 1 is 1.31 bits per heavy atom. The number of hydrogen-bond donors (Lipinski definition) is 2. The second-order valence-electron chi connectivity index (χ2n) is 2.77. The molecule has 1 amide bonds. The number of rotatable bonds is 6. The molecule has 0 atom stereocenters. The summed E-state index contributed by atoms with van der Waals surface area (Å²) >= 11 is 0. The molecular weight excluding hydrogens is 166 g/mol. The lowest BCUT2D eigenvalue weighted by Crippen LogP contribution is -2.22. The fraction of sp³-hybridized carbons (Fsp3) is 0.700. The second-order valence-corrected chi connectivity index (χ2v) is 2.77. The van der Waals surface area contributed by atoms with Crippen LogP contribution in [0.4, 0.5) is 0 Å². The van der Waals surface area contributed by atoms with Gasteiger partial charge in [0.05, 0.1) is 0 Å². The predicted molar refractivity (Wildman–Crippen MR) is 52.0 cm³/mol. The summed E-state index contributed by atoms with van der Waals surface area (Å²) in [5, 5.41) is 11.2. The zero-order chi connectivity index (χ0) is 9.94. The molecule has 0 aliphatic heterocycles. The Hall–Kier alpha value is -1.01. The number of carbonyl (C=O) groups is 1. The minimum atomic E-state index is -0.204. The number of aliphatic hydroxyl groups excluding tert-OH is 1. The number of nitrogens with one attached hydrogen (secondary N) is 1. The molecule has 74 valence electrons. The van der Waals surface area contributed by atoms with Gasteiger partial charge in [-0.2, -0.15) is 0 Å². The van der Waals surface area contributed by atoms with Gasteiger partial charge in [-0.25, -0.2) is 0 Å². The number of unbranched alkanes of at least 4 members (excludes halogenated alkanes) is 3. The Kier molecular flexibility index (Phi) is 8.38. The first-order valence-electron chi connectivity index (χ1n) is 4.62. The Balaban J connectivity index is 3.14. The molecule has 3 heteroatoms. The predicted octanol–water partition coefficient (Wildman–Crippen LogP) is 0.679. The van der Waals surface area contributed by atoms with Crippen molar-refractivity contribution in [3.63, 3.8) is 0 Å². The summed E-state index contributed by atoms with van der Waals surface area (Å²) in [6.07, 6.45) is 3.87. The standard InChI is InChI=1S/C10H17NO2/c1-2-7-10(13)11-8-5-3-4-6-9-12/h12H,3-6,8-9H2,1H3,(H,11,13). The molecule has 0 fully saturated rings. The molecule has 0 heterocycles. The molecule has 0 unspecified atom stereocenters.